The Kier molecular flexibility index (Phi) is 7.02. The highest BCUT2D eigenvalue weighted by atomic mass is 16.5. The van der Waals surface area contributed by atoms with Gasteiger partial charge in [-0.2, -0.15) is 5.10 Å². The van der Waals surface area contributed by atoms with E-state index in [1.54, 1.807) is 13.2 Å². The molecule has 0 saturated carbocycles. The first-order valence-corrected chi connectivity index (χ1v) is 9.71. The average Bonchev–Trinajstić information content (AvgIpc) is 3.37. The molecule has 0 saturated heterocycles. The molecule has 0 atom stereocenters. The number of carbonyl (C=O) groups excluding carboxylic acids is 1. The molecule has 1 amide bonds. The topological polar surface area (TPSA) is 77.2 Å². The molecule has 1 N–H and O–H groups in total. The van der Waals surface area contributed by atoms with Gasteiger partial charge in [-0.1, -0.05) is 0 Å². The van der Waals surface area contributed by atoms with E-state index < -0.39 is 0 Å². The van der Waals surface area contributed by atoms with Gasteiger partial charge in [0.2, 0.25) is 5.91 Å². The minimum atomic E-state index is 0.0448. The van der Waals surface area contributed by atoms with E-state index in [9.17, 15) is 4.79 Å². The van der Waals surface area contributed by atoms with Crippen molar-refractivity contribution in [2.24, 2.45) is 0 Å². The van der Waals surface area contributed by atoms with Crippen LogP contribution in [0.2, 0.25) is 0 Å². The van der Waals surface area contributed by atoms with Crippen LogP contribution in [-0.4, -0.2) is 64.4 Å². The Balaban J connectivity index is 1.66. The van der Waals surface area contributed by atoms with Gasteiger partial charge in [0.1, 0.15) is 18.2 Å². The van der Waals surface area contributed by atoms with Crippen LogP contribution in [0.5, 0.6) is 5.75 Å². The number of carbonyl (C=O) groups is 1. The molecule has 0 unspecified atom stereocenters. The predicted molar refractivity (Wildman–Crippen MR) is 112 cm³/mol. The second-order valence-electron chi connectivity index (χ2n) is 7.04. The van der Waals surface area contributed by atoms with Gasteiger partial charge in [-0.15, -0.1) is 0 Å². The standard InChI is InChI=1S/C21H28N6O2/c1-22-20(28)5-4-11-26-16-18(15-24-26)27-12-10-23-21(27)17-6-8-19(9-7-17)29-14-13-25(2)3/h6-10,12,15-16H,4-5,11,13-14H2,1-3H3,(H,22,28). The van der Waals surface area contributed by atoms with Crippen molar-refractivity contribution in [2.75, 3.05) is 34.3 Å². The number of aryl methyl sites for hydroxylation is 1. The van der Waals surface area contributed by atoms with Crippen LogP contribution in [0, 0.1) is 0 Å². The third-order valence-corrected chi connectivity index (χ3v) is 4.53. The predicted octanol–water partition coefficient (Wildman–Crippen LogP) is 2.20. The fourth-order valence-corrected chi connectivity index (χ4v) is 2.90. The molecule has 0 aliphatic carbocycles. The van der Waals surface area contributed by atoms with Gasteiger partial charge in [0.05, 0.1) is 11.9 Å². The monoisotopic (exact) mass is 396 g/mol. The highest BCUT2D eigenvalue weighted by molar-refractivity contribution is 5.75. The zero-order valence-electron chi connectivity index (χ0n) is 17.2. The fourth-order valence-electron chi connectivity index (χ4n) is 2.90. The number of likely N-dealkylation sites (N-methyl/N-ethyl adjacent to an activating group) is 1. The van der Waals surface area contributed by atoms with Crippen LogP contribution in [0.15, 0.2) is 49.1 Å². The van der Waals surface area contributed by atoms with Crippen LogP contribution in [0.1, 0.15) is 12.8 Å². The van der Waals surface area contributed by atoms with E-state index in [-0.39, 0.29) is 5.91 Å². The summed E-state index contributed by atoms with van der Waals surface area (Å²) in [5, 5.41) is 7.04. The molecule has 8 heteroatoms. The van der Waals surface area contributed by atoms with E-state index in [0.717, 1.165) is 35.8 Å². The van der Waals surface area contributed by atoms with Crippen molar-refractivity contribution < 1.29 is 9.53 Å². The van der Waals surface area contributed by atoms with Gasteiger partial charge >= 0.3 is 0 Å². The third-order valence-electron chi connectivity index (χ3n) is 4.53. The van der Waals surface area contributed by atoms with Gasteiger partial charge in [-0.05, 0) is 44.8 Å². The van der Waals surface area contributed by atoms with E-state index in [1.165, 1.54) is 0 Å². The minimum Gasteiger partial charge on any atom is -0.492 e. The Labute approximate surface area is 171 Å². The van der Waals surface area contributed by atoms with Crippen molar-refractivity contribution in [3.05, 3.63) is 49.1 Å². The summed E-state index contributed by atoms with van der Waals surface area (Å²) < 4.78 is 9.61. The molecule has 0 fully saturated rings. The maximum Gasteiger partial charge on any atom is 0.219 e. The van der Waals surface area contributed by atoms with Crippen molar-refractivity contribution in [3.8, 4) is 22.8 Å². The SMILES string of the molecule is CNC(=O)CCCn1cc(-n2ccnc2-c2ccc(OCCN(C)C)cc2)cn1. The van der Waals surface area contributed by atoms with Gasteiger partial charge in [0.25, 0.3) is 0 Å². The molecule has 3 aromatic rings. The number of nitrogens with zero attached hydrogens (tertiary/aromatic N) is 5. The summed E-state index contributed by atoms with van der Waals surface area (Å²) in [6, 6.07) is 7.95. The van der Waals surface area contributed by atoms with E-state index >= 15 is 0 Å². The first kappa shape index (κ1) is 20.6. The summed E-state index contributed by atoms with van der Waals surface area (Å²) in [6.45, 7) is 2.22. The Morgan fingerprint density at radius 2 is 2.03 bits per heavy atom. The van der Waals surface area contributed by atoms with Crippen molar-refractivity contribution in [1.29, 1.82) is 0 Å². The van der Waals surface area contributed by atoms with Crippen LogP contribution in [-0.2, 0) is 11.3 Å². The summed E-state index contributed by atoms with van der Waals surface area (Å²) in [5.74, 6) is 1.73. The van der Waals surface area contributed by atoms with Crippen LogP contribution < -0.4 is 10.1 Å². The van der Waals surface area contributed by atoms with Crippen molar-refractivity contribution in [2.45, 2.75) is 19.4 Å². The van der Waals surface area contributed by atoms with Crippen LogP contribution in [0.4, 0.5) is 0 Å². The molecule has 2 aromatic heterocycles. The van der Waals surface area contributed by atoms with E-state index in [4.69, 9.17) is 4.74 Å². The highest BCUT2D eigenvalue weighted by Gasteiger charge is 2.10. The number of imidazole rings is 1. The van der Waals surface area contributed by atoms with Gasteiger partial charge < -0.3 is 15.0 Å². The van der Waals surface area contributed by atoms with Crippen molar-refractivity contribution in [1.82, 2.24) is 29.5 Å². The zero-order chi connectivity index (χ0) is 20.6. The zero-order valence-corrected chi connectivity index (χ0v) is 17.2. The second-order valence-corrected chi connectivity index (χ2v) is 7.04. The first-order valence-electron chi connectivity index (χ1n) is 9.71. The first-order chi connectivity index (χ1) is 14.1. The Morgan fingerprint density at radius 3 is 2.76 bits per heavy atom. The van der Waals surface area contributed by atoms with E-state index in [0.29, 0.717) is 19.6 Å². The Bertz CT molecular complexity index is 913. The summed E-state index contributed by atoms with van der Waals surface area (Å²) in [6.07, 6.45) is 8.71. The van der Waals surface area contributed by atoms with E-state index in [2.05, 4.69) is 20.3 Å². The van der Waals surface area contributed by atoms with Gasteiger partial charge in [0.15, 0.2) is 0 Å². The number of nitrogens with one attached hydrogen (secondary N) is 1. The van der Waals surface area contributed by atoms with Gasteiger partial charge in [-0.25, -0.2) is 4.98 Å². The highest BCUT2D eigenvalue weighted by Crippen LogP contribution is 2.23. The average molecular weight is 396 g/mol. The molecule has 0 radical (unpaired) electrons. The summed E-state index contributed by atoms with van der Waals surface area (Å²) in [7, 11) is 5.70. The number of benzene rings is 1. The number of aromatic nitrogens is 4. The summed E-state index contributed by atoms with van der Waals surface area (Å²) >= 11 is 0. The maximum absolute atomic E-state index is 11.3. The van der Waals surface area contributed by atoms with Crippen LogP contribution in [0.25, 0.3) is 17.1 Å². The third kappa shape index (κ3) is 5.68. The normalized spacial score (nSPS) is 11.0. The number of hydrogen-bond donors (Lipinski definition) is 1. The van der Waals surface area contributed by atoms with Crippen LogP contribution >= 0.6 is 0 Å². The van der Waals surface area contributed by atoms with Gasteiger partial charge in [0, 0.05) is 50.7 Å². The molecule has 1 aromatic carbocycles. The smallest absolute Gasteiger partial charge is 0.219 e. The lowest BCUT2D eigenvalue weighted by Crippen LogP contribution is -2.19. The second kappa shape index (κ2) is 9.88. The molecule has 0 aliphatic rings. The maximum atomic E-state index is 11.3. The Hall–Kier alpha value is -3.13. The quantitative estimate of drug-likeness (QED) is 0.569. The fraction of sp³-hybridized carbons (Fsp3) is 0.381. The lowest BCUT2D eigenvalue weighted by atomic mass is 10.2. The summed E-state index contributed by atoms with van der Waals surface area (Å²) in [4.78, 5) is 17.9. The van der Waals surface area contributed by atoms with Crippen LogP contribution in [0.3, 0.4) is 0 Å². The minimum absolute atomic E-state index is 0.0448. The number of rotatable bonds is 10. The van der Waals surface area contributed by atoms with E-state index in [1.807, 2.05) is 66.2 Å². The summed E-state index contributed by atoms with van der Waals surface area (Å²) in [5.41, 5.74) is 1.94. The lowest BCUT2D eigenvalue weighted by Gasteiger charge is -2.11. The number of amides is 1. The molecule has 2 heterocycles. The molecule has 154 valence electrons. The largest absolute Gasteiger partial charge is 0.492 e. The molecule has 8 nitrogen and oxygen atoms in total. The molecule has 29 heavy (non-hydrogen) atoms. The van der Waals surface area contributed by atoms with Crippen molar-refractivity contribution >= 4 is 5.91 Å². The molecular weight excluding hydrogens is 368 g/mol. The lowest BCUT2D eigenvalue weighted by molar-refractivity contribution is -0.120. The molecular formula is C21H28N6O2. The molecule has 0 aliphatic heterocycles. The molecule has 0 spiro atoms. The van der Waals surface area contributed by atoms with Gasteiger partial charge in [-0.3, -0.25) is 14.0 Å². The Morgan fingerprint density at radius 1 is 1.24 bits per heavy atom. The number of hydrogen-bond acceptors (Lipinski definition) is 5. The number of ether oxygens (including phenoxy) is 1. The molecule has 0 bridgehead atoms. The molecule has 3 rings (SSSR count). The van der Waals surface area contributed by atoms with Crippen molar-refractivity contribution in [3.63, 3.8) is 0 Å².